The Bertz CT molecular complexity index is 844. The molecule has 24 heavy (non-hydrogen) atoms. The molecule has 0 unspecified atom stereocenters. The smallest absolute Gasteiger partial charge is 0.267 e. The van der Waals surface area contributed by atoms with Crippen LogP contribution >= 0.6 is 0 Å². The van der Waals surface area contributed by atoms with Gasteiger partial charge in [-0.1, -0.05) is 23.8 Å². The molecule has 2 aromatic rings. The van der Waals surface area contributed by atoms with Crippen LogP contribution < -0.4 is 10.6 Å². The molecule has 0 aliphatic heterocycles. The summed E-state index contributed by atoms with van der Waals surface area (Å²) in [6, 6.07) is 13.6. The van der Waals surface area contributed by atoms with Gasteiger partial charge in [-0.25, -0.2) is 0 Å². The van der Waals surface area contributed by atoms with E-state index in [9.17, 15) is 10.1 Å². The second kappa shape index (κ2) is 7.47. The van der Waals surface area contributed by atoms with E-state index in [1.54, 1.807) is 0 Å². The Morgan fingerprint density at radius 1 is 1.00 bits per heavy atom. The molecule has 0 fully saturated rings. The van der Waals surface area contributed by atoms with Crippen molar-refractivity contribution >= 4 is 17.3 Å². The third-order valence-corrected chi connectivity index (χ3v) is 3.89. The van der Waals surface area contributed by atoms with Crippen LogP contribution in [0.1, 0.15) is 22.3 Å². The van der Waals surface area contributed by atoms with Crippen LogP contribution in [0, 0.1) is 39.0 Å². The Hall–Kier alpha value is -3.06. The van der Waals surface area contributed by atoms with Gasteiger partial charge in [-0.2, -0.15) is 5.26 Å². The predicted molar refractivity (Wildman–Crippen MR) is 97.8 cm³/mol. The monoisotopic (exact) mass is 319 g/mol. The molecule has 0 spiro atoms. The van der Waals surface area contributed by atoms with Crippen molar-refractivity contribution in [2.45, 2.75) is 27.7 Å². The maximum absolute atomic E-state index is 12.3. The van der Waals surface area contributed by atoms with E-state index in [0.29, 0.717) is 5.69 Å². The molecule has 0 heterocycles. The van der Waals surface area contributed by atoms with Crippen molar-refractivity contribution in [3.05, 3.63) is 70.4 Å². The fraction of sp³-hybridized carbons (Fsp3) is 0.200. The van der Waals surface area contributed by atoms with Crippen LogP contribution in [0.15, 0.2) is 48.2 Å². The van der Waals surface area contributed by atoms with Crippen molar-refractivity contribution in [1.29, 1.82) is 5.26 Å². The van der Waals surface area contributed by atoms with E-state index in [-0.39, 0.29) is 5.57 Å². The summed E-state index contributed by atoms with van der Waals surface area (Å²) in [6.45, 7) is 7.97. The summed E-state index contributed by atoms with van der Waals surface area (Å²) in [6.07, 6.45) is 1.43. The maximum Gasteiger partial charge on any atom is 0.267 e. The molecule has 2 aromatic carbocycles. The van der Waals surface area contributed by atoms with Gasteiger partial charge in [0.1, 0.15) is 11.6 Å². The highest BCUT2D eigenvalue weighted by atomic mass is 16.1. The maximum atomic E-state index is 12.3. The molecule has 1 amide bonds. The summed E-state index contributed by atoms with van der Waals surface area (Å²) in [5.74, 6) is -0.430. The third-order valence-electron chi connectivity index (χ3n) is 3.89. The van der Waals surface area contributed by atoms with Crippen molar-refractivity contribution in [2.75, 3.05) is 10.6 Å². The lowest BCUT2D eigenvalue weighted by Crippen LogP contribution is -2.15. The Balaban J connectivity index is 2.13. The first-order valence-corrected chi connectivity index (χ1v) is 7.73. The molecule has 4 nitrogen and oxygen atoms in total. The number of carbonyl (C=O) groups excluding carboxylic acids is 1. The number of aryl methyl sites for hydroxylation is 4. The number of anilines is 2. The van der Waals surface area contributed by atoms with Crippen molar-refractivity contribution in [3.8, 4) is 6.07 Å². The average molecular weight is 319 g/mol. The molecule has 2 rings (SSSR count). The lowest BCUT2D eigenvalue weighted by atomic mass is 10.1. The minimum atomic E-state index is -0.430. The van der Waals surface area contributed by atoms with E-state index in [1.165, 1.54) is 11.8 Å². The van der Waals surface area contributed by atoms with Gasteiger partial charge in [-0.15, -0.1) is 0 Å². The molecule has 0 atom stereocenters. The zero-order chi connectivity index (χ0) is 17.7. The Morgan fingerprint density at radius 2 is 1.75 bits per heavy atom. The average Bonchev–Trinajstić information content (AvgIpc) is 2.54. The van der Waals surface area contributed by atoms with Gasteiger partial charge in [0, 0.05) is 17.6 Å². The number of rotatable bonds is 4. The van der Waals surface area contributed by atoms with Gasteiger partial charge < -0.3 is 10.6 Å². The van der Waals surface area contributed by atoms with E-state index in [2.05, 4.69) is 10.6 Å². The van der Waals surface area contributed by atoms with Gasteiger partial charge >= 0.3 is 0 Å². The van der Waals surface area contributed by atoms with E-state index in [1.807, 2.05) is 70.2 Å². The fourth-order valence-electron chi connectivity index (χ4n) is 2.28. The highest BCUT2D eigenvalue weighted by molar-refractivity contribution is 6.07. The number of hydrogen-bond acceptors (Lipinski definition) is 3. The first-order chi connectivity index (χ1) is 11.4. The third kappa shape index (κ3) is 4.23. The quantitative estimate of drug-likeness (QED) is 0.649. The van der Waals surface area contributed by atoms with Crippen LogP contribution in [-0.4, -0.2) is 5.91 Å². The lowest BCUT2D eigenvalue weighted by Gasteiger charge is -2.09. The number of nitriles is 1. The number of benzene rings is 2. The zero-order valence-electron chi connectivity index (χ0n) is 14.4. The van der Waals surface area contributed by atoms with Crippen LogP contribution in [0.25, 0.3) is 0 Å². The fourth-order valence-corrected chi connectivity index (χ4v) is 2.28. The van der Waals surface area contributed by atoms with Gasteiger partial charge in [0.2, 0.25) is 0 Å². The number of carbonyl (C=O) groups is 1. The molecule has 2 N–H and O–H groups in total. The van der Waals surface area contributed by atoms with Crippen LogP contribution in [0.4, 0.5) is 11.4 Å². The molecule has 0 aliphatic carbocycles. The minimum absolute atomic E-state index is 0.0215. The first-order valence-electron chi connectivity index (χ1n) is 7.73. The zero-order valence-corrected chi connectivity index (χ0v) is 14.4. The van der Waals surface area contributed by atoms with Crippen molar-refractivity contribution in [2.24, 2.45) is 0 Å². The van der Waals surface area contributed by atoms with Crippen LogP contribution in [0.2, 0.25) is 0 Å². The number of nitrogens with zero attached hydrogens (tertiary/aromatic N) is 1. The standard InChI is InChI=1S/C20H21N3O/c1-13-5-8-19(16(4)9-13)23-20(24)17(11-21)12-22-18-7-6-14(2)15(3)10-18/h5-10,12,22H,1-4H3,(H,23,24)/b17-12-. The summed E-state index contributed by atoms with van der Waals surface area (Å²) < 4.78 is 0. The van der Waals surface area contributed by atoms with Crippen molar-refractivity contribution in [1.82, 2.24) is 0 Å². The molecule has 0 aromatic heterocycles. The topological polar surface area (TPSA) is 64.9 Å². The first kappa shape index (κ1) is 17.3. The van der Waals surface area contributed by atoms with E-state index < -0.39 is 5.91 Å². The summed E-state index contributed by atoms with van der Waals surface area (Å²) in [4.78, 5) is 12.3. The van der Waals surface area contributed by atoms with Gasteiger partial charge in [0.15, 0.2) is 0 Å². The summed E-state index contributed by atoms with van der Waals surface area (Å²) in [5, 5.41) is 15.0. The highest BCUT2D eigenvalue weighted by Gasteiger charge is 2.10. The molecule has 0 saturated carbocycles. The molecular formula is C20H21N3O. The molecule has 0 saturated heterocycles. The molecule has 0 aliphatic rings. The van der Waals surface area contributed by atoms with Crippen LogP contribution in [0.5, 0.6) is 0 Å². The highest BCUT2D eigenvalue weighted by Crippen LogP contribution is 2.17. The largest absolute Gasteiger partial charge is 0.360 e. The Morgan fingerprint density at radius 3 is 2.38 bits per heavy atom. The number of hydrogen-bond donors (Lipinski definition) is 2. The Labute approximate surface area is 142 Å². The van der Waals surface area contributed by atoms with Gasteiger partial charge in [0.05, 0.1) is 0 Å². The molecular weight excluding hydrogens is 298 g/mol. The number of nitrogens with one attached hydrogen (secondary N) is 2. The van der Waals surface area contributed by atoms with Crippen LogP contribution in [0.3, 0.4) is 0 Å². The summed E-state index contributed by atoms with van der Waals surface area (Å²) in [5.41, 5.74) is 5.99. The van der Waals surface area contributed by atoms with E-state index in [4.69, 9.17) is 0 Å². The van der Waals surface area contributed by atoms with E-state index >= 15 is 0 Å². The van der Waals surface area contributed by atoms with Crippen LogP contribution in [-0.2, 0) is 4.79 Å². The lowest BCUT2D eigenvalue weighted by molar-refractivity contribution is -0.112. The molecule has 0 bridgehead atoms. The Kier molecular flexibility index (Phi) is 5.39. The SMILES string of the molecule is Cc1ccc(NC(=O)/C(C#N)=C\Nc2ccc(C)c(C)c2)c(C)c1. The summed E-state index contributed by atoms with van der Waals surface area (Å²) in [7, 11) is 0. The van der Waals surface area contributed by atoms with E-state index in [0.717, 1.165) is 22.4 Å². The van der Waals surface area contributed by atoms with Crippen molar-refractivity contribution in [3.63, 3.8) is 0 Å². The van der Waals surface area contributed by atoms with Crippen molar-refractivity contribution < 1.29 is 4.79 Å². The predicted octanol–water partition coefficient (Wildman–Crippen LogP) is 4.38. The summed E-state index contributed by atoms with van der Waals surface area (Å²) >= 11 is 0. The van der Waals surface area contributed by atoms with Gasteiger partial charge in [-0.05, 0) is 62.6 Å². The second-order valence-electron chi connectivity index (χ2n) is 5.89. The molecule has 0 radical (unpaired) electrons. The van der Waals surface area contributed by atoms with Gasteiger partial charge in [0.25, 0.3) is 5.91 Å². The second-order valence-corrected chi connectivity index (χ2v) is 5.89. The number of amides is 1. The molecule has 122 valence electrons. The minimum Gasteiger partial charge on any atom is -0.360 e. The van der Waals surface area contributed by atoms with Gasteiger partial charge in [-0.3, -0.25) is 4.79 Å². The molecule has 4 heteroatoms. The normalized spacial score (nSPS) is 10.9.